The number of nitriles is 1. The van der Waals surface area contributed by atoms with E-state index < -0.39 is 0 Å². The summed E-state index contributed by atoms with van der Waals surface area (Å²) in [4.78, 5) is 6.33. The molecule has 7 nitrogen and oxygen atoms in total. The first-order valence-electron chi connectivity index (χ1n) is 7.24. The second kappa shape index (κ2) is 6.64. The molecule has 0 saturated carbocycles. The van der Waals surface area contributed by atoms with Gasteiger partial charge in [-0.1, -0.05) is 0 Å². The minimum Gasteiger partial charge on any atom is -0.468 e. The van der Waals surface area contributed by atoms with Gasteiger partial charge < -0.3 is 18.9 Å². The monoisotopic (exact) mass is 302 g/mol. The highest BCUT2D eigenvalue weighted by atomic mass is 16.5. The second-order valence-corrected chi connectivity index (χ2v) is 5.08. The maximum Gasteiger partial charge on any atom is 0.232 e. The van der Waals surface area contributed by atoms with E-state index in [1.165, 1.54) is 0 Å². The third-order valence-corrected chi connectivity index (χ3v) is 3.65. The molecule has 7 heteroatoms. The third kappa shape index (κ3) is 3.13. The number of oxazole rings is 1. The van der Waals surface area contributed by atoms with Crippen molar-refractivity contribution in [2.24, 2.45) is 0 Å². The van der Waals surface area contributed by atoms with Gasteiger partial charge in [-0.05, 0) is 12.1 Å². The Hall–Kier alpha value is -2.30. The number of rotatable bonds is 5. The predicted octanol–water partition coefficient (Wildman–Crippen LogP) is 1.93. The van der Waals surface area contributed by atoms with E-state index in [0.717, 1.165) is 18.8 Å². The van der Waals surface area contributed by atoms with E-state index in [9.17, 15) is 0 Å². The Balaban J connectivity index is 1.74. The molecule has 0 aromatic carbocycles. The maximum atomic E-state index is 9.07. The summed E-state index contributed by atoms with van der Waals surface area (Å²) >= 11 is 0. The average Bonchev–Trinajstić information content (AvgIpc) is 3.18. The molecule has 1 fully saturated rings. The van der Waals surface area contributed by atoms with Crippen LogP contribution in [-0.2, 0) is 4.74 Å². The molecule has 0 bridgehead atoms. The Labute approximate surface area is 128 Å². The molecule has 3 rings (SSSR count). The molecule has 2 aromatic heterocycles. The lowest BCUT2D eigenvalue weighted by atomic mass is 10.1. The summed E-state index contributed by atoms with van der Waals surface area (Å²) in [6.07, 6.45) is 1.67. The van der Waals surface area contributed by atoms with Gasteiger partial charge in [0.15, 0.2) is 5.89 Å². The number of nitrogens with zero attached hydrogens (tertiary/aromatic N) is 3. The van der Waals surface area contributed by atoms with Gasteiger partial charge in [-0.2, -0.15) is 5.26 Å². The quantitative estimate of drug-likeness (QED) is 0.902. The molecule has 1 atom stereocenters. The molecule has 3 heterocycles. The minimum absolute atomic E-state index is 0.0517. The van der Waals surface area contributed by atoms with E-state index >= 15 is 0 Å². The number of aromatic nitrogens is 1. The number of morpholine rings is 1. The molecule has 0 amide bonds. The lowest BCUT2D eigenvalue weighted by Gasteiger charge is -2.33. The second-order valence-electron chi connectivity index (χ2n) is 5.08. The Kier molecular flexibility index (Phi) is 4.42. The van der Waals surface area contributed by atoms with Crippen molar-refractivity contribution >= 4 is 5.88 Å². The summed E-state index contributed by atoms with van der Waals surface area (Å²) in [5.41, 5.74) is 0.276. The summed E-state index contributed by atoms with van der Waals surface area (Å²) in [7, 11) is 0. The van der Waals surface area contributed by atoms with E-state index in [1.807, 2.05) is 18.2 Å². The molecule has 116 valence electrons. The third-order valence-electron chi connectivity index (χ3n) is 3.65. The maximum absolute atomic E-state index is 9.07. The van der Waals surface area contributed by atoms with Crippen molar-refractivity contribution in [2.45, 2.75) is 13.0 Å². The fraction of sp³-hybridized carbons (Fsp3) is 0.467. The number of furan rings is 1. The van der Waals surface area contributed by atoms with Crippen LogP contribution in [0.2, 0.25) is 0 Å². The van der Waals surface area contributed by atoms with Gasteiger partial charge in [0, 0.05) is 26.6 Å². The van der Waals surface area contributed by atoms with E-state index in [4.69, 9.17) is 18.8 Å². The number of anilines is 1. The van der Waals surface area contributed by atoms with Gasteiger partial charge in [0.05, 0.1) is 25.5 Å². The van der Waals surface area contributed by atoms with Crippen LogP contribution in [0.5, 0.6) is 0 Å². The summed E-state index contributed by atoms with van der Waals surface area (Å²) < 4.78 is 16.4. The Morgan fingerprint density at radius 2 is 2.27 bits per heavy atom. The highest BCUT2D eigenvalue weighted by Crippen LogP contribution is 2.24. The molecule has 1 aliphatic rings. The van der Waals surface area contributed by atoms with Crippen molar-refractivity contribution in [3.05, 3.63) is 35.7 Å². The molecular formula is C15H18N4O3. The van der Waals surface area contributed by atoms with E-state index in [1.54, 1.807) is 13.2 Å². The average molecular weight is 302 g/mol. The van der Waals surface area contributed by atoms with Crippen molar-refractivity contribution in [1.29, 1.82) is 5.26 Å². The van der Waals surface area contributed by atoms with Crippen molar-refractivity contribution in [3.8, 4) is 6.07 Å². The van der Waals surface area contributed by atoms with Crippen molar-refractivity contribution in [1.82, 2.24) is 9.88 Å². The summed E-state index contributed by atoms with van der Waals surface area (Å²) in [6.45, 7) is 5.39. The molecule has 0 aliphatic carbocycles. The predicted molar refractivity (Wildman–Crippen MR) is 78.3 cm³/mol. The van der Waals surface area contributed by atoms with Crippen LogP contribution in [-0.4, -0.2) is 42.7 Å². The smallest absolute Gasteiger partial charge is 0.232 e. The van der Waals surface area contributed by atoms with Gasteiger partial charge in [0.2, 0.25) is 11.6 Å². The SMILES string of the molecule is Cc1nc(C#N)c(NCC(c2ccco2)N2CCOCC2)o1. The molecule has 22 heavy (non-hydrogen) atoms. The van der Waals surface area contributed by atoms with Crippen molar-refractivity contribution in [2.75, 3.05) is 38.2 Å². The van der Waals surface area contributed by atoms with Crippen LogP contribution in [0, 0.1) is 18.3 Å². The fourth-order valence-electron chi connectivity index (χ4n) is 2.59. The van der Waals surface area contributed by atoms with Crippen LogP contribution in [0.4, 0.5) is 5.88 Å². The molecule has 1 aliphatic heterocycles. The highest BCUT2D eigenvalue weighted by molar-refractivity contribution is 5.45. The van der Waals surface area contributed by atoms with Crippen LogP contribution < -0.4 is 5.32 Å². The standard InChI is InChI=1S/C15H18N4O3/c1-11-18-12(9-16)15(22-11)17-10-13(14-3-2-6-21-14)19-4-7-20-8-5-19/h2-3,6,13,17H,4-5,7-8,10H2,1H3. The first-order chi connectivity index (χ1) is 10.8. The lowest BCUT2D eigenvalue weighted by molar-refractivity contribution is 0.0144. The van der Waals surface area contributed by atoms with Crippen molar-refractivity contribution < 1.29 is 13.6 Å². The summed E-state index contributed by atoms with van der Waals surface area (Å²) in [6, 6.07) is 5.92. The first kappa shape index (κ1) is 14.6. The topological polar surface area (TPSA) is 87.5 Å². The van der Waals surface area contributed by atoms with Crippen LogP contribution in [0.25, 0.3) is 0 Å². The Bertz CT molecular complexity index is 638. The van der Waals surface area contributed by atoms with Crippen molar-refractivity contribution in [3.63, 3.8) is 0 Å². The van der Waals surface area contributed by atoms with Crippen LogP contribution >= 0.6 is 0 Å². The van der Waals surface area contributed by atoms with Crippen LogP contribution in [0.1, 0.15) is 23.4 Å². The van der Waals surface area contributed by atoms with Gasteiger partial charge in [-0.15, -0.1) is 0 Å². The first-order valence-corrected chi connectivity index (χ1v) is 7.24. The van der Waals surface area contributed by atoms with E-state index in [2.05, 4.69) is 15.2 Å². The Morgan fingerprint density at radius 1 is 1.45 bits per heavy atom. The van der Waals surface area contributed by atoms with Gasteiger partial charge >= 0.3 is 0 Å². The zero-order valence-corrected chi connectivity index (χ0v) is 12.4. The normalized spacial score (nSPS) is 17.1. The molecule has 0 spiro atoms. The molecule has 2 aromatic rings. The number of hydrogen-bond acceptors (Lipinski definition) is 7. The van der Waals surface area contributed by atoms with Crippen LogP contribution in [0.15, 0.2) is 27.2 Å². The largest absolute Gasteiger partial charge is 0.468 e. The highest BCUT2D eigenvalue weighted by Gasteiger charge is 2.25. The number of aryl methyl sites for hydroxylation is 1. The van der Waals surface area contributed by atoms with Gasteiger partial charge in [0.25, 0.3) is 0 Å². The number of hydrogen-bond donors (Lipinski definition) is 1. The summed E-state index contributed by atoms with van der Waals surface area (Å²) in [5, 5.41) is 12.2. The van der Waals surface area contributed by atoms with E-state index in [-0.39, 0.29) is 11.7 Å². The summed E-state index contributed by atoms with van der Waals surface area (Å²) in [5.74, 6) is 1.76. The van der Waals surface area contributed by atoms with Gasteiger partial charge in [-0.3, -0.25) is 4.90 Å². The minimum atomic E-state index is 0.0517. The number of nitrogens with one attached hydrogen (secondary N) is 1. The van der Waals surface area contributed by atoms with Crippen LogP contribution in [0.3, 0.4) is 0 Å². The zero-order chi connectivity index (χ0) is 15.4. The molecular weight excluding hydrogens is 284 g/mol. The number of ether oxygens (including phenoxy) is 1. The molecule has 0 radical (unpaired) electrons. The molecule has 1 saturated heterocycles. The van der Waals surface area contributed by atoms with Gasteiger partial charge in [-0.25, -0.2) is 4.98 Å². The fourth-order valence-corrected chi connectivity index (χ4v) is 2.59. The van der Waals surface area contributed by atoms with Gasteiger partial charge in [0.1, 0.15) is 11.8 Å². The zero-order valence-electron chi connectivity index (χ0n) is 12.4. The lowest BCUT2D eigenvalue weighted by Crippen LogP contribution is -2.41. The molecule has 1 unspecified atom stereocenters. The Morgan fingerprint density at radius 3 is 2.95 bits per heavy atom. The molecule has 1 N–H and O–H groups in total. The van der Waals surface area contributed by atoms with E-state index in [0.29, 0.717) is 31.5 Å².